The Morgan fingerprint density at radius 3 is 2.71 bits per heavy atom. The minimum Gasteiger partial charge on any atom is -0.329 e. The van der Waals surface area contributed by atoms with E-state index in [2.05, 4.69) is 31.4 Å². The molecule has 3 atom stereocenters. The lowest BCUT2D eigenvalue weighted by molar-refractivity contribution is -0.125. The third-order valence-corrected chi connectivity index (χ3v) is 4.92. The Balaban J connectivity index is 1.73. The fraction of sp³-hybridized carbons (Fsp3) is 0.875. The predicted molar refractivity (Wildman–Crippen MR) is 82.9 cm³/mol. The summed E-state index contributed by atoms with van der Waals surface area (Å²) in [6.45, 7) is 8.50. The van der Waals surface area contributed by atoms with Gasteiger partial charge in [-0.2, -0.15) is 0 Å². The van der Waals surface area contributed by atoms with E-state index >= 15 is 0 Å². The first-order valence-electron chi connectivity index (χ1n) is 8.30. The molecule has 0 bridgehead atoms. The van der Waals surface area contributed by atoms with Crippen LogP contribution in [0.2, 0.25) is 0 Å². The second-order valence-electron chi connectivity index (χ2n) is 6.94. The highest BCUT2D eigenvalue weighted by Gasteiger charge is 2.31. The number of hydrogen-bond donors (Lipinski definition) is 2. The molecule has 1 aliphatic heterocycles. The second kappa shape index (κ2) is 7.25. The van der Waals surface area contributed by atoms with E-state index < -0.39 is 0 Å². The van der Waals surface area contributed by atoms with Crippen LogP contribution in [0, 0.1) is 17.8 Å². The van der Waals surface area contributed by atoms with Crippen LogP contribution in [0.4, 0.5) is 4.79 Å². The molecule has 2 aliphatic rings. The van der Waals surface area contributed by atoms with Crippen molar-refractivity contribution in [2.75, 3.05) is 19.6 Å². The molecule has 2 N–H and O–H groups in total. The van der Waals surface area contributed by atoms with Gasteiger partial charge in [0.25, 0.3) is 0 Å². The van der Waals surface area contributed by atoms with E-state index in [1.54, 1.807) is 0 Å². The maximum absolute atomic E-state index is 11.5. The van der Waals surface area contributed by atoms with E-state index in [9.17, 15) is 9.59 Å². The number of hydrogen-bond acceptors (Lipinski definition) is 3. The largest absolute Gasteiger partial charge is 0.329 e. The molecule has 0 aromatic carbocycles. The number of amides is 3. The third-order valence-electron chi connectivity index (χ3n) is 4.92. The molecular weight excluding hydrogens is 266 g/mol. The lowest BCUT2D eigenvalue weighted by Crippen LogP contribution is -2.44. The summed E-state index contributed by atoms with van der Waals surface area (Å²) in [7, 11) is 0. The molecule has 3 amide bonds. The Kier molecular flexibility index (Phi) is 5.62. The Labute approximate surface area is 127 Å². The molecule has 2 rings (SSSR count). The molecule has 120 valence electrons. The van der Waals surface area contributed by atoms with Crippen molar-refractivity contribution in [3.8, 4) is 0 Å². The molecular formula is C16H29N3O2. The van der Waals surface area contributed by atoms with E-state index in [1.165, 1.54) is 24.2 Å². The molecule has 1 heterocycles. The molecule has 1 aliphatic carbocycles. The molecule has 21 heavy (non-hydrogen) atoms. The van der Waals surface area contributed by atoms with Gasteiger partial charge < -0.3 is 10.6 Å². The lowest BCUT2D eigenvalue weighted by Gasteiger charge is -2.38. The van der Waals surface area contributed by atoms with Gasteiger partial charge in [-0.3, -0.25) is 9.69 Å². The van der Waals surface area contributed by atoms with Crippen LogP contribution in [0.1, 0.15) is 46.5 Å². The molecule has 5 nitrogen and oxygen atoms in total. The van der Waals surface area contributed by atoms with E-state index in [-0.39, 0.29) is 18.5 Å². The number of carbonyl (C=O) groups excluding carboxylic acids is 2. The molecule has 2 fully saturated rings. The summed E-state index contributed by atoms with van der Waals surface area (Å²) in [5, 5.41) is 6.22. The first kappa shape index (κ1) is 16.3. The first-order valence-corrected chi connectivity index (χ1v) is 8.30. The number of nitrogens with one attached hydrogen (secondary N) is 2. The van der Waals surface area contributed by atoms with E-state index in [4.69, 9.17) is 0 Å². The summed E-state index contributed by atoms with van der Waals surface area (Å²) in [6, 6.07) is 0.336. The normalized spacial score (nSPS) is 30.1. The Morgan fingerprint density at radius 2 is 2.10 bits per heavy atom. The average Bonchev–Trinajstić information content (AvgIpc) is 2.74. The Bertz CT molecular complexity index is 368. The van der Waals surface area contributed by atoms with Crippen LogP contribution < -0.4 is 10.6 Å². The molecule has 5 heteroatoms. The highest BCUT2D eigenvalue weighted by Crippen LogP contribution is 2.33. The van der Waals surface area contributed by atoms with Gasteiger partial charge in [0, 0.05) is 12.6 Å². The molecule has 0 spiro atoms. The highest BCUT2D eigenvalue weighted by atomic mass is 16.2. The summed E-state index contributed by atoms with van der Waals surface area (Å²) in [6.07, 6.45) is 4.72. The molecule has 0 aromatic rings. The topological polar surface area (TPSA) is 61.4 Å². The third kappa shape index (κ3) is 4.19. The van der Waals surface area contributed by atoms with Gasteiger partial charge in [0.2, 0.25) is 5.91 Å². The van der Waals surface area contributed by atoms with Gasteiger partial charge in [-0.1, -0.05) is 27.2 Å². The number of imide groups is 1. The monoisotopic (exact) mass is 295 g/mol. The van der Waals surface area contributed by atoms with Gasteiger partial charge in [0.15, 0.2) is 0 Å². The van der Waals surface area contributed by atoms with Crippen molar-refractivity contribution in [3.63, 3.8) is 0 Å². The minimum absolute atomic E-state index is 0.105. The number of carbonyl (C=O) groups is 2. The number of nitrogens with zero attached hydrogens (tertiary/aromatic N) is 1. The lowest BCUT2D eigenvalue weighted by atomic mass is 9.74. The molecule has 0 radical (unpaired) electrons. The van der Waals surface area contributed by atoms with Crippen molar-refractivity contribution < 1.29 is 9.59 Å². The van der Waals surface area contributed by atoms with Crippen LogP contribution in [0.25, 0.3) is 0 Å². The zero-order chi connectivity index (χ0) is 15.4. The van der Waals surface area contributed by atoms with Crippen LogP contribution in [0.3, 0.4) is 0 Å². The summed E-state index contributed by atoms with van der Waals surface area (Å²) in [5.74, 6) is 2.15. The molecule has 0 unspecified atom stereocenters. The summed E-state index contributed by atoms with van der Waals surface area (Å²) >= 11 is 0. The molecule has 1 saturated heterocycles. The summed E-state index contributed by atoms with van der Waals surface area (Å²) in [4.78, 5) is 24.3. The average molecular weight is 295 g/mol. The van der Waals surface area contributed by atoms with Crippen LogP contribution in [-0.2, 0) is 4.79 Å². The highest BCUT2D eigenvalue weighted by molar-refractivity contribution is 6.01. The van der Waals surface area contributed by atoms with Crippen LogP contribution >= 0.6 is 0 Å². The Morgan fingerprint density at radius 1 is 1.33 bits per heavy atom. The van der Waals surface area contributed by atoms with Gasteiger partial charge in [-0.15, -0.1) is 0 Å². The summed E-state index contributed by atoms with van der Waals surface area (Å²) in [5.41, 5.74) is 0. The van der Waals surface area contributed by atoms with Gasteiger partial charge in [0.1, 0.15) is 0 Å². The second-order valence-corrected chi connectivity index (χ2v) is 6.94. The summed E-state index contributed by atoms with van der Waals surface area (Å²) < 4.78 is 0. The van der Waals surface area contributed by atoms with Crippen molar-refractivity contribution in [1.29, 1.82) is 0 Å². The van der Waals surface area contributed by atoms with Crippen molar-refractivity contribution >= 4 is 11.9 Å². The van der Waals surface area contributed by atoms with E-state index in [1.807, 2.05) is 0 Å². The van der Waals surface area contributed by atoms with Gasteiger partial charge >= 0.3 is 6.03 Å². The van der Waals surface area contributed by atoms with Crippen LogP contribution in [-0.4, -0.2) is 42.5 Å². The standard InChI is InChI=1S/C16H29N3O2/c1-11(2)13-6-5-12(3)9-14(13)17-7-4-8-19-15(20)10-18-16(19)21/h11-14,17H,4-10H2,1-3H3,(H,18,21)/t12-,13+,14+/m1/s1. The smallest absolute Gasteiger partial charge is 0.324 e. The van der Waals surface area contributed by atoms with Gasteiger partial charge in [-0.25, -0.2) is 4.79 Å². The maximum Gasteiger partial charge on any atom is 0.324 e. The zero-order valence-electron chi connectivity index (χ0n) is 13.5. The quantitative estimate of drug-likeness (QED) is 0.582. The van der Waals surface area contributed by atoms with Crippen molar-refractivity contribution in [1.82, 2.24) is 15.5 Å². The molecule has 1 saturated carbocycles. The fourth-order valence-electron chi connectivity index (χ4n) is 3.64. The number of urea groups is 1. The Hall–Kier alpha value is -1.10. The fourth-order valence-corrected chi connectivity index (χ4v) is 3.64. The first-order chi connectivity index (χ1) is 9.99. The van der Waals surface area contributed by atoms with E-state index in [0.29, 0.717) is 18.5 Å². The molecule has 0 aromatic heterocycles. The van der Waals surface area contributed by atoms with Crippen molar-refractivity contribution in [3.05, 3.63) is 0 Å². The zero-order valence-corrected chi connectivity index (χ0v) is 13.5. The van der Waals surface area contributed by atoms with Gasteiger partial charge in [-0.05, 0) is 43.6 Å². The van der Waals surface area contributed by atoms with Gasteiger partial charge in [0.05, 0.1) is 6.54 Å². The van der Waals surface area contributed by atoms with Crippen molar-refractivity contribution in [2.24, 2.45) is 17.8 Å². The maximum atomic E-state index is 11.5. The number of rotatable bonds is 6. The van der Waals surface area contributed by atoms with Crippen molar-refractivity contribution in [2.45, 2.75) is 52.5 Å². The van der Waals surface area contributed by atoms with Crippen LogP contribution in [0.5, 0.6) is 0 Å². The van der Waals surface area contributed by atoms with Crippen LogP contribution in [0.15, 0.2) is 0 Å². The predicted octanol–water partition coefficient (Wildman–Crippen LogP) is 1.98. The minimum atomic E-state index is -0.244. The van der Waals surface area contributed by atoms with E-state index in [0.717, 1.165) is 24.8 Å². The SMILES string of the molecule is CC(C)[C@@H]1CC[C@@H](C)C[C@@H]1NCCCN1C(=O)CNC1=O.